The van der Waals surface area contributed by atoms with Gasteiger partial charge in [-0.3, -0.25) is 9.10 Å². The summed E-state index contributed by atoms with van der Waals surface area (Å²) < 4.78 is 25.9. The van der Waals surface area contributed by atoms with Crippen molar-refractivity contribution in [3.63, 3.8) is 0 Å². The van der Waals surface area contributed by atoms with Crippen molar-refractivity contribution >= 4 is 44.8 Å². The molecule has 0 aliphatic carbocycles. The number of amides is 1. The lowest BCUT2D eigenvalue weighted by Crippen LogP contribution is -2.49. The van der Waals surface area contributed by atoms with Crippen LogP contribution in [0.3, 0.4) is 0 Å². The molecule has 0 saturated heterocycles. The van der Waals surface area contributed by atoms with Crippen LogP contribution in [-0.2, 0) is 21.2 Å². The van der Waals surface area contributed by atoms with E-state index in [1.54, 1.807) is 25.1 Å². The van der Waals surface area contributed by atoms with Gasteiger partial charge < -0.3 is 5.32 Å². The van der Waals surface area contributed by atoms with Crippen LogP contribution >= 0.6 is 23.2 Å². The maximum atomic E-state index is 12.7. The van der Waals surface area contributed by atoms with Gasteiger partial charge in [0, 0.05) is 16.6 Å². The van der Waals surface area contributed by atoms with E-state index < -0.39 is 16.1 Å². The molecule has 2 aromatic carbocycles. The molecule has 8 heteroatoms. The van der Waals surface area contributed by atoms with Gasteiger partial charge in [-0.25, -0.2) is 8.42 Å². The standard InChI is InChI=1S/C20H24Cl2N2O3S/c1-3-19(24(28(2,26)27)17-11-6-10-16(21)14-17)20(25)23-13-7-9-15-8-4-5-12-18(15)22/h4-6,8,10-12,14,19H,3,7,9,13H2,1-2H3,(H,23,25)/t19-/m1/s1. The molecule has 0 fully saturated rings. The highest BCUT2D eigenvalue weighted by atomic mass is 35.5. The number of sulfonamides is 1. The highest BCUT2D eigenvalue weighted by Gasteiger charge is 2.31. The van der Waals surface area contributed by atoms with Crippen molar-refractivity contribution in [2.24, 2.45) is 0 Å². The van der Waals surface area contributed by atoms with Crippen molar-refractivity contribution in [1.82, 2.24) is 5.32 Å². The number of aryl methyl sites for hydroxylation is 1. The van der Waals surface area contributed by atoms with E-state index in [1.165, 1.54) is 6.07 Å². The number of halogens is 2. The van der Waals surface area contributed by atoms with E-state index in [0.29, 0.717) is 35.1 Å². The molecule has 0 aliphatic rings. The molecule has 0 aromatic heterocycles. The Balaban J connectivity index is 2.06. The molecule has 28 heavy (non-hydrogen) atoms. The summed E-state index contributed by atoms with van der Waals surface area (Å²) in [5.74, 6) is -0.341. The number of carbonyl (C=O) groups is 1. The zero-order valence-electron chi connectivity index (χ0n) is 15.9. The van der Waals surface area contributed by atoms with E-state index in [-0.39, 0.29) is 5.91 Å². The predicted molar refractivity (Wildman–Crippen MR) is 116 cm³/mol. The summed E-state index contributed by atoms with van der Waals surface area (Å²) in [6, 6.07) is 13.2. The van der Waals surface area contributed by atoms with Crippen LogP contribution in [0.25, 0.3) is 0 Å². The van der Waals surface area contributed by atoms with Crippen molar-refractivity contribution in [1.29, 1.82) is 0 Å². The molecule has 0 unspecified atom stereocenters. The summed E-state index contributed by atoms with van der Waals surface area (Å²) in [7, 11) is -3.67. The van der Waals surface area contributed by atoms with Crippen LogP contribution in [0.15, 0.2) is 48.5 Å². The number of nitrogens with one attached hydrogen (secondary N) is 1. The fourth-order valence-electron chi connectivity index (χ4n) is 2.98. The molecule has 0 saturated carbocycles. The van der Waals surface area contributed by atoms with Crippen LogP contribution in [0.4, 0.5) is 5.69 Å². The summed E-state index contributed by atoms with van der Waals surface area (Å²) in [4.78, 5) is 12.7. The van der Waals surface area contributed by atoms with Gasteiger partial charge in [-0.1, -0.05) is 54.4 Å². The number of anilines is 1. The van der Waals surface area contributed by atoms with Crippen LogP contribution in [0, 0.1) is 0 Å². The summed E-state index contributed by atoms with van der Waals surface area (Å²) in [6.07, 6.45) is 2.83. The van der Waals surface area contributed by atoms with Crippen LogP contribution in [0.1, 0.15) is 25.3 Å². The minimum absolute atomic E-state index is 0.329. The van der Waals surface area contributed by atoms with Gasteiger partial charge in [0.1, 0.15) is 6.04 Å². The van der Waals surface area contributed by atoms with Crippen molar-refractivity contribution in [3.05, 3.63) is 64.1 Å². The SMILES string of the molecule is CC[C@H](C(=O)NCCCc1ccccc1Cl)N(c1cccc(Cl)c1)S(C)(=O)=O. The van der Waals surface area contributed by atoms with Gasteiger partial charge in [0.05, 0.1) is 11.9 Å². The largest absolute Gasteiger partial charge is 0.354 e. The summed E-state index contributed by atoms with van der Waals surface area (Å²) in [6.45, 7) is 2.20. The Kier molecular flexibility index (Phi) is 8.16. The highest BCUT2D eigenvalue weighted by Crippen LogP contribution is 2.25. The first-order valence-electron chi connectivity index (χ1n) is 9.00. The first kappa shape index (κ1) is 22.5. The summed E-state index contributed by atoms with van der Waals surface area (Å²) in [5, 5.41) is 3.94. The third-order valence-electron chi connectivity index (χ3n) is 4.27. The molecule has 1 N–H and O–H groups in total. The van der Waals surface area contributed by atoms with Crippen LogP contribution < -0.4 is 9.62 Å². The second-order valence-corrected chi connectivity index (χ2v) is 9.15. The highest BCUT2D eigenvalue weighted by molar-refractivity contribution is 7.92. The van der Waals surface area contributed by atoms with E-state index >= 15 is 0 Å². The average Bonchev–Trinajstić information content (AvgIpc) is 2.63. The maximum absolute atomic E-state index is 12.7. The van der Waals surface area contributed by atoms with Crippen molar-refractivity contribution in [2.45, 2.75) is 32.2 Å². The fourth-order valence-corrected chi connectivity index (χ4v) is 4.60. The average molecular weight is 443 g/mol. The molecule has 1 amide bonds. The Bertz CT molecular complexity index is 919. The summed E-state index contributed by atoms with van der Waals surface area (Å²) >= 11 is 12.1. The van der Waals surface area contributed by atoms with E-state index in [1.807, 2.05) is 24.3 Å². The molecule has 0 radical (unpaired) electrons. The smallest absolute Gasteiger partial charge is 0.243 e. The van der Waals surface area contributed by atoms with Crippen LogP contribution in [-0.4, -0.2) is 33.2 Å². The van der Waals surface area contributed by atoms with E-state index in [4.69, 9.17) is 23.2 Å². The Morgan fingerprint density at radius 2 is 1.86 bits per heavy atom. The minimum atomic E-state index is -3.67. The molecule has 152 valence electrons. The molecule has 5 nitrogen and oxygen atoms in total. The van der Waals surface area contributed by atoms with E-state index in [0.717, 1.165) is 22.5 Å². The zero-order chi connectivity index (χ0) is 20.7. The Hall–Kier alpha value is -1.76. The summed E-state index contributed by atoms with van der Waals surface area (Å²) in [5.41, 5.74) is 1.38. The lowest BCUT2D eigenvalue weighted by Gasteiger charge is -2.30. The first-order chi connectivity index (χ1) is 13.2. The molecule has 0 heterocycles. The molecule has 0 spiro atoms. The van der Waals surface area contributed by atoms with E-state index in [2.05, 4.69) is 5.32 Å². The van der Waals surface area contributed by atoms with Gasteiger partial charge >= 0.3 is 0 Å². The number of benzene rings is 2. The third kappa shape index (κ3) is 6.12. The Labute approximate surface area is 176 Å². The van der Waals surface area contributed by atoms with Gasteiger partial charge in [0.25, 0.3) is 0 Å². The number of rotatable bonds is 9. The van der Waals surface area contributed by atoms with Gasteiger partial charge in [0.2, 0.25) is 15.9 Å². The quantitative estimate of drug-likeness (QED) is 0.588. The number of carbonyl (C=O) groups excluding carboxylic acids is 1. The second kappa shape index (κ2) is 10.1. The van der Waals surface area contributed by atoms with Crippen molar-refractivity contribution < 1.29 is 13.2 Å². The maximum Gasteiger partial charge on any atom is 0.243 e. The van der Waals surface area contributed by atoms with Crippen LogP contribution in [0.5, 0.6) is 0 Å². The zero-order valence-corrected chi connectivity index (χ0v) is 18.2. The minimum Gasteiger partial charge on any atom is -0.354 e. The lowest BCUT2D eigenvalue weighted by molar-refractivity contribution is -0.122. The van der Waals surface area contributed by atoms with Gasteiger partial charge in [-0.15, -0.1) is 0 Å². The van der Waals surface area contributed by atoms with Gasteiger partial charge in [-0.2, -0.15) is 0 Å². The second-order valence-electron chi connectivity index (χ2n) is 6.45. The normalized spacial score (nSPS) is 12.4. The molecular formula is C20H24Cl2N2O3S. The van der Waals surface area contributed by atoms with Gasteiger partial charge in [0.15, 0.2) is 0 Å². The monoisotopic (exact) mass is 442 g/mol. The number of hydrogen-bond acceptors (Lipinski definition) is 3. The van der Waals surface area contributed by atoms with Crippen molar-refractivity contribution in [3.8, 4) is 0 Å². The van der Waals surface area contributed by atoms with E-state index in [9.17, 15) is 13.2 Å². The van der Waals surface area contributed by atoms with Crippen LogP contribution in [0.2, 0.25) is 10.0 Å². The first-order valence-corrected chi connectivity index (χ1v) is 11.6. The lowest BCUT2D eigenvalue weighted by atomic mass is 10.1. The fraction of sp³-hybridized carbons (Fsp3) is 0.350. The molecule has 2 aromatic rings. The topological polar surface area (TPSA) is 66.5 Å². The van der Waals surface area contributed by atoms with Crippen molar-refractivity contribution in [2.75, 3.05) is 17.1 Å². The molecule has 2 rings (SSSR count). The number of hydrogen-bond donors (Lipinski definition) is 1. The Morgan fingerprint density at radius 1 is 1.14 bits per heavy atom. The molecule has 0 aliphatic heterocycles. The third-order valence-corrected chi connectivity index (χ3v) is 6.06. The number of nitrogens with zero attached hydrogens (tertiary/aromatic N) is 1. The van der Waals surface area contributed by atoms with Gasteiger partial charge in [-0.05, 0) is 49.1 Å². The molecule has 1 atom stereocenters. The molecule has 0 bridgehead atoms. The molecular weight excluding hydrogens is 419 g/mol. The Morgan fingerprint density at radius 3 is 2.46 bits per heavy atom. The predicted octanol–water partition coefficient (Wildman–Crippen LogP) is 4.29.